The van der Waals surface area contributed by atoms with Crippen LogP contribution in [0.4, 0.5) is 35.0 Å². The van der Waals surface area contributed by atoms with Crippen LogP contribution in [0.3, 0.4) is 0 Å². The summed E-state index contributed by atoms with van der Waals surface area (Å²) in [6.45, 7) is 0. The molecule has 0 atom stereocenters. The second kappa shape index (κ2) is 10.7. The number of benzene rings is 3. The first-order valence-electron chi connectivity index (χ1n) is 9.71. The summed E-state index contributed by atoms with van der Waals surface area (Å²) in [5.74, 6) is -1.62. The Kier molecular flexibility index (Phi) is 7.88. The molecule has 0 saturated heterocycles. The lowest BCUT2D eigenvalue weighted by Gasteiger charge is -2.13. The van der Waals surface area contributed by atoms with Gasteiger partial charge in [0.2, 0.25) is 0 Å². The fourth-order valence-corrected chi connectivity index (χ4v) is 3.49. The average Bonchev–Trinajstić information content (AvgIpc) is 2.77. The molecule has 0 heterocycles. The van der Waals surface area contributed by atoms with Crippen molar-refractivity contribution in [2.24, 2.45) is 0 Å². The number of halogens is 5. The van der Waals surface area contributed by atoms with Crippen LogP contribution in [0.15, 0.2) is 60.7 Å². The Hall–Kier alpha value is -3.76. The van der Waals surface area contributed by atoms with E-state index in [0.717, 1.165) is 25.3 Å². The maximum Gasteiger partial charge on any atom is 0.416 e. The van der Waals surface area contributed by atoms with Crippen molar-refractivity contribution in [2.45, 2.75) is 6.18 Å². The Morgan fingerprint density at radius 2 is 1.37 bits per heavy atom. The molecule has 12 heteroatoms. The van der Waals surface area contributed by atoms with E-state index in [1.807, 2.05) is 0 Å². The van der Waals surface area contributed by atoms with Crippen LogP contribution in [0.2, 0.25) is 10.0 Å². The number of carbonyl (C=O) groups excluding carboxylic acids is 3. The van der Waals surface area contributed by atoms with Crippen molar-refractivity contribution in [3.8, 4) is 0 Å². The number of rotatable bonds is 5. The largest absolute Gasteiger partial charge is 0.465 e. The van der Waals surface area contributed by atoms with Crippen molar-refractivity contribution in [3.63, 3.8) is 0 Å². The van der Waals surface area contributed by atoms with Gasteiger partial charge in [0, 0.05) is 32.7 Å². The number of anilines is 3. The smallest absolute Gasteiger partial charge is 0.416 e. The van der Waals surface area contributed by atoms with Gasteiger partial charge in [-0.15, -0.1) is 0 Å². The standard InChI is InChI=1S/C23H16Cl2F3N3O4/c1-35-21(33)13-5-12(20(32)29-17-4-2-3-14(8-17)23(26,27)28)6-18(7-13)30-22(34)31-19-10-15(24)9-16(25)11-19/h2-11H,1H3,(H,29,32)(H2,30,31,34). The molecule has 0 spiro atoms. The topological polar surface area (TPSA) is 96.5 Å². The first-order chi connectivity index (χ1) is 16.4. The van der Waals surface area contributed by atoms with E-state index in [-0.39, 0.29) is 38.2 Å². The summed E-state index contributed by atoms with van der Waals surface area (Å²) >= 11 is 11.8. The number of methoxy groups -OCH3 is 1. The molecule has 182 valence electrons. The molecule has 3 N–H and O–H groups in total. The van der Waals surface area contributed by atoms with Gasteiger partial charge in [0.25, 0.3) is 5.91 Å². The van der Waals surface area contributed by atoms with Gasteiger partial charge >= 0.3 is 18.2 Å². The molecule has 0 saturated carbocycles. The maximum atomic E-state index is 13.0. The van der Waals surface area contributed by atoms with Crippen LogP contribution in [0, 0.1) is 0 Å². The minimum atomic E-state index is -4.59. The highest BCUT2D eigenvalue weighted by molar-refractivity contribution is 6.35. The molecule has 3 amide bonds. The van der Waals surface area contributed by atoms with E-state index in [1.54, 1.807) is 0 Å². The fraction of sp³-hybridized carbons (Fsp3) is 0.0870. The van der Waals surface area contributed by atoms with Crippen LogP contribution in [-0.2, 0) is 10.9 Å². The predicted octanol–water partition coefficient (Wildman–Crippen LogP) is 6.70. The molecular weight excluding hydrogens is 510 g/mol. The van der Waals surface area contributed by atoms with Crippen molar-refractivity contribution in [3.05, 3.63) is 87.4 Å². The summed E-state index contributed by atoms with van der Waals surface area (Å²) in [6.07, 6.45) is -4.59. The highest BCUT2D eigenvalue weighted by Gasteiger charge is 2.30. The molecule has 7 nitrogen and oxygen atoms in total. The zero-order chi connectivity index (χ0) is 25.8. The Morgan fingerprint density at radius 3 is 1.97 bits per heavy atom. The number of ether oxygens (including phenoxy) is 1. The van der Waals surface area contributed by atoms with E-state index in [1.165, 1.54) is 42.5 Å². The van der Waals surface area contributed by atoms with Crippen LogP contribution in [0.5, 0.6) is 0 Å². The van der Waals surface area contributed by atoms with E-state index < -0.39 is 29.6 Å². The summed E-state index contributed by atoms with van der Waals surface area (Å²) < 4.78 is 43.5. The van der Waals surface area contributed by atoms with E-state index in [0.29, 0.717) is 0 Å². The van der Waals surface area contributed by atoms with E-state index in [9.17, 15) is 27.6 Å². The summed E-state index contributed by atoms with van der Waals surface area (Å²) in [6, 6.07) is 11.4. The Morgan fingerprint density at radius 1 is 0.771 bits per heavy atom. The molecular formula is C23H16Cl2F3N3O4. The molecule has 35 heavy (non-hydrogen) atoms. The third kappa shape index (κ3) is 7.11. The lowest BCUT2D eigenvalue weighted by atomic mass is 10.1. The Labute approximate surface area is 207 Å². The zero-order valence-electron chi connectivity index (χ0n) is 17.8. The summed E-state index contributed by atoms with van der Waals surface area (Å²) in [5.41, 5.74) is -0.937. The maximum absolute atomic E-state index is 13.0. The number of alkyl halides is 3. The first-order valence-corrected chi connectivity index (χ1v) is 10.5. The SMILES string of the molecule is COC(=O)c1cc(NC(=O)Nc2cc(Cl)cc(Cl)c2)cc(C(=O)Nc2cccc(C(F)(F)F)c2)c1. The molecule has 0 radical (unpaired) electrons. The second-order valence-corrected chi connectivity index (χ2v) is 7.93. The monoisotopic (exact) mass is 525 g/mol. The Balaban J connectivity index is 1.85. The molecule has 0 bridgehead atoms. The zero-order valence-corrected chi connectivity index (χ0v) is 19.3. The third-order valence-corrected chi connectivity index (χ3v) is 4.88. The molecule has 3 rings (SSSR count). The second-order valence-electron chi connectivity index (χ2n) is 7.06. The summed E-state index contributed by atoms with van der Waals surface area (Å²) in [5, 5.41) is 7.88. The number of hydrogen-bond acceptors (Lipinski definition) is 4. The number of carbonyl (C=O) groups is 3. The number of amides is 3. The summed E-state index contributed by atoms with van der Waals surface area (Å²) in [7, 11) is 1.13. The van der Waals surface area contributed by atoms with Crippen molar-refractivity contribution in [1.82, 2.24) is 0 Å². The van der Waals surface area contributed by atoms with E-state index in [2.05, 4.69) is 20.7 Å². The van der Waals surface area contributed by atoms with Crippen molar-refractivity contribution in [2.75, 3.05) is 23.1 Å². The molecule has 0 aliphatic carbocycles. The highest BCUT2D eigenvalue weighted by Crippen LogP contribution is 2.31. The van der Waals surface area contributed by atoms with Gasteiger partial charge in [-0.3, -0.25) is 4.79 Å². The first kappa shape index (κ1) is 25.9. The van der Waals surface area contributed by atoms with Gasteiger partial charge in [-0.25, -0.2) is 9.59 Å². The third-order valence-electron chi connectivity index (χ3n) is 4.44. The van der Waals surface area contributed by atoms with Crippen LogP contribution < -0.4 is 16.0 Å². The number of nitrogens with one attached hydrogen (secondary N) is 3. The minimum absolute atomic E-state index is 0.0349. The van der Waals surface area contributed by atoms with Crippen LogP contribution in [0.25, 0.3) is 0 Å². The van der Waals surface area contributed by atoms with Crippen molar-refractivity contribution < 1.29 is 32.3 Å². The lowest BCUT2D eigenvalue weighted by Crippen LogP contribution is -2.21. The predicted molar refractivity (Wildman–Crippen MR) is 126 cm³/mol. The molecule has 0 aliphatic rings. The van der Waals surface area contributed by atoms with Crippen LogP contribution in [0.1, 0.15) is 26.3 Å². The highest BCUT2D eigenvalue weighted by atomic mass is 35.5. The van der Waals surface area contributed by atoms with Gasteiger partial charge in [0.15, 0.2) is 0 Å². The van der Waals surface area contributed by atoms with Gasteiger partial charge in [0.05, 0.1) is 18.2 Å². The number of hydrogen-bond donors (Lipinski definition) is 3. The van der Waals surface area contributed by atoms with E-state index in [4.69, 9.17) is 23.2 Å². The number of esters is 1. The molecule has 0 fully saturated rings. The van der Waals surface area contributed by atoms with Gasteiger partial charge in [-0.2, -0.15) is 13.2 Å². The number of urea groups is 1. The van der Waals surface area contributed by atoms with E-state index >= 15 is 0 Å². The normalized spacial score (nSPS) is 10.9. The molecule has 0 unspecified atom stereocenters. The van der Waals surface area contributed by atoms with Crippen molar-refractivity contribution in [1.29, 1.82) is 0 Å². The van der Waals surface area contributed by atoms with Crippen molar-refractivity contribution >= 4 is 58.2 Å². The molecule has 3 aromatic rings. The Bertz CT molecular complexity index is 1280. The van der Waals surface area contributed by atoms with Gasteiger partial charge in [-0.1, -0.05) is 29.3 Å². The van der Waals surface area contributed by atoms with Crippen LogP contribution >= 0.6 is 23.2 Å². The summed E-state index contributed by atoms with van der Waals surface area (Å²) in [4.78, 5) is 37.2. The molecule has 0 aliphatic heterocycles. The van der Waals surface area contributed by atoms with Gasteiger partial charge in [-0.05, 0) is 54.6 Å². The quantitative estimate of drug-likeness (QED) is 0.323. The van der Waals surface area contributed by atoms with Gasteiger partial charge in [0.1, 0.15) is 0 Å². The lowest BCUT2D eigenvalue weighted by molar-refractivity contribution is -0.137. The van der Waals surface area contributed by atoms with Gasteiger partial charge < -0.3 is 20.7 Å². The fourth-order valence-electron chi connectivity index (χ4n) is 2.96. The van der Waals surface area contributed by atoms with Crippen LogP contribution in [-0.4, -0.2) is 25.0 Å². The molecule has 3 aromatic carbocycles. The molecule has 0 aromatic heterocycles. The average molecular weight is 526 g/mol. The minimum Gasteiger partial charge on any atom is -0.465 e.